The second-order valence-corrected chi connectivity index (χ2v) is 10.3. The Balaban J connectivity index is 1.60. The Kier molecular flexibility index (Phi) is 8.36. The summed E-state index contributed by atoms with van der Waals surface area (Å²) in [6.07, 6.45) is 9.12. The van der Waals surface area contributed by atoms with Crippen molar-refractivity contribution in [2.45, 2.75) is 57.9 Å². The molecule has 3 heterocycles. The van der Waals surface area contributed by atoms with Crippen LogP contribution in [0.15, 0.2) is 58.6 Å². The Labute approximate surface area is 223 Å². The van der Waals surface area contributed by atoms with Crippen molar-refractivity contribution in [2.24, 2.45) is 10.7 Å². The number of rotatable bonds is 10. The van der Waals surface area contributed by atoms with Gasteiger partial charge < -0.3 is 19.6 Å². The van der Waals surface area contributed by atoms with Gasteiger partial charge in [0.25, 0.3) is 0 Å². The third kappa shape index (κ3) is 5.58. The first-order valence-corrected chi connectivity index (χ1v) is 13.4. The fraction of sp³-hybridized carbons (Fsp3) is 0.393. The van der Waals surface area contributed by atoms with E-state index in [1.807, 2.05) is 63.8 Å². The number of allylic oxidation sites excluding steroid dienone is 1. The van der Waals surface area contributed by atoms with E-state index in [0.29, 0.717) is 13.0 Å². The number of nitrogens with zero attached hydrogens (tertiary/aromatic N) is 5. The minimum absolute atomic E-state index is 0.511. The second-order valence-electron chi connectivity index (χ2n) is 9.32. The highest BCUT2D eigenvalue weighted by molar-refractivity contribution is 7.94. The molecule has 0 bridgehead atoms. The molecule has 0 radical (unpaired) electrons. The Morgan fingerprint density at radius 1 is 1.19 bits per heavy atom. The maximum absolute atomic E-state index is 6.40. The van der Waals surface area contributed by atoms with Crippen molar-refractivity contribution in [3.63, 3.8) is 0 Å². The van der Waals surface area contributed by atoms with Crippen LogP contribution in [0.3, 0.4) is 0 Å². The molecule has 196 valence electrons. The lowest BCUT2D eigenvalue weighted by Gasteiger charge is -2.24. The second kappa shape index (κ2) is 11.5. The van der Waals surface area contributed by atoms with Crippen LogP contribution in [0.25, 0.3) is 17.1 Å². The van der Waals surface area contributed by atoms with Gasteiger partial charge in [0.05, 0.1) is 25.0 Å². The summed E-state index contributed by atoms with van der Waals surface area (Å²) < 4.78 is 13.5. The number of nitrogens with two attached hydrogens (primary N) is 1. The van der Waals surface area contributed by atoms with Crippen LogP contribution in [-0.2, 0) is 16.1 Å². The van der Waals surface area contributed by atoms with Crippen LogP contribution in [0.1, 0.15) is 52.2 Å². The van der Waals surface area contributed by atoms with Crippen molar-refractivity contribution in [1.82, 2.24) is 14.5 Å². The highest BCUT2D eigenvalue weighted by atomic mass is 32.2. The van der Waals surface area contributed by atoms with Crippen LogP contribution >= 0.6 is 12.0 Å². The van der Waals surface area contributed by atoms with Crippen molar-refractivity contribution in [3.05, 3.63) is 59.8 Å². The molecule has 0 spiro atoms. The molecule has 37 heavy (non-hydrogen) atoms. The summed E-state index contributed by atoms with van der Waals surface area (Å²) in [7, 11) is 1.65. The Bertz CT molecular complexity index is 1310. The molecule has 0 saturated carbocycles. The van der Waals surface area contributed by atoms with Crippen LogP contribution in [0.5, 0.6) is 5.75 Å². The molecular formula is C28H36N6O2S. The van der Waals surface area contributed by atoms with E-state index in [2.05, 4.69) is 29.4 Å². The van der Waals surface area contributed by atoms with Crippen LogP contribution in [0, 0.1) is 0 Å². The first kappa shape index (κ1) is 26.9. The highest BCUT2D eigenvalue weighted by Gasteiger charge is 2.27. The van der Waals surface area contributed by atoms with Crippen LogP contribution in [-0.4, -0.2) is 41.0 Å². The van der Waals surface area contributed by atoms with E-state index in [1.54, 1.807) is 7.11 Å². The molecule has 0 aliphatic carbocycles. The van der Waals surface area contributed by atoms with Gasteiger partial charge in [-0.2, -0.15) is 0 Å². The molecule has 0 saturated heterocycles. The molecule has 2 N–H and O–H groups in total. The van der Waals surface area contributed by atoms with Crippen LogP contribution in [0.4, 0.5) is 5.82 Å². The van der Waals surface area contributed by atoms with Crippen molar-refractivity contribution in [2.75, 3.05) is 25.2 Å². The van der Waals surface area contributed by atoms with Gasteiger partial charge in [-0.15, -0.1) is 0 Å². The summed E-state index contributed by atoms with van der Waals surface area (Å²) >= 11 is 1.31. The van der Waals surface area contributed by atoms with E-state index in [4.69, 9.17) is 29.6 Å². The van der Waals surface area contributed by atoms with Gasteiger partial charge in [-0.1, -0.05) is 6.92 Å². The summed E-state index contributed by atoms with van der Waals surface area (Å²) in [5, 5.41) is 0. The lowest BCUT2D eigenvalue weighted by molar-refractivity contribution is 0.320. The van der Waals surface area contributed by atoms with Crippen molar-refractivity contribution in [3.8, 4) is 17.1 Å². The number of hydrogen-bond acceptors (Lipinski definition) is 8. The topological polar surface area (TPSA) is 90.8 Å². The number of benzene rings is 1. The molecule has 8 nitrogen and oxygen atoms in total. The van der Waals surface area contributed by atoms with Gasteiger partial charge in [0.2, 0.25) is 0 Å². The number of aromatic nitrogens is 3. The first-order chi connectivity index (χ1) is 17.8. The zero-order valence-corrected chi connectivity index (χ0v) is 23.3. The first-order valence-electron chi connectivity index (χ1n) is 12.6. The molecule has 1 aliphatic heterocycles. The fourth-order valence-corrected chi connectivity index (χ4v) is 5.26. The van der Waals surface area contributed by atoms with E-state index in [9.17, 15) is 0 Å². The number of anilines is 1. The summed E-state index contributed by atoms with van der Waals surface area (Å²) in [5.41, 5.74) is 10.0. The predicted molar refractivity (Wildman–Crippen MR) is 152 cm³/mol. The largest absolute Gasteiger partial charge is 0.493 e. The quantitative estimate of drug-likeness (QED) is 0.264. The molecule has 3 aromatic rings. The fourth-order valence-electron chi connectivity index (χ4n) is 4.55. The number of ether oxygens (including phenoxy) is 1. The summed E-state index contributed by atoms with van der Waals surface area (Å²) in [6, 6.07) is 8.12. The molecule has 2 aromatic heterocycles. The molecule has 9 heteroatoms. The summed E-state index contributed by atoms with van der Waals surface area (Å²) in [4.78, 5) is 17.5. The van der Waals surface area contributed by atoms with Gasteiger partial charge in [-0.3, -0.25) is 4.57 Å². The number of fused-ring (bicyclic) bond motifs is 3. The van der Waals surface area contributed by atoms with Crippen LogP contribution < -0.4 is 15.4 Å². The normalized spacial score (nSPS) is 13.6. The summed E-state index contributed by atoms with van der Waals surface area (Å²) in [5.74, 6) is 3.43. The molecule has 1 aliphatic rings. The maximum Gasteiger partial charge on any atom is 0.153 e. The van der Waals surface area contributed by atoms with E-state index in [0.717, 1.165) is 63.5 Å². The summed E-state index contributed by atoms with van der Waals surface area (Å²) in [6.45, 7) is 11.4. The lowest BCUT2D eigenvalue weighted by atomic mass is 9.95. The third-order valence-corrected chi connectivity index (χ3v) is 6.95. The Morgan fingerprint density at radius 2 is 2.00 bits per heavy atom. The molecule has 0 amide bonds. The van der Waals surface area contributed by atoms with E-state index < -0.39 is 5.54 Å². The predicted octanol–water partition coefficient (Wildman–Crippen LogP) is 5.88. The zero-order valence-electron chi connectivity index (χ0n) is 22.5. The molecular weight excluding hydrogens is 484 g/mol. The molecule has 1 aromatic carbocycles. The van der Waals surface area contributed by atoms with E-state index >= 15 is 0 Å². The van der Waals surface area contributed by atoms with Gasteiger partial charge in [-0.05, 0) is 69.5 Å². The van der Waals surface area contributed by atoms with Gasteiger partial charge in [0, 0.05) is 60.2 Å². The van der Waals surface area contributed by atoms with Gasteiger partial charge >= 0.3 is 0 Å². The van der Waals surface area contributed by atoms with Gasteiger partial charge in [0.15, 0.2) is 5.82 Å². The lowest BCUT2D eigenvalue weighted by Crippen LogP contribution is -2.29. The van der Waals surface area contributed by atoms with Crippen molar-refractivity contribution < 1.29 is 8.92 Å². The number of imidazole rings is 1. The Hall–Kier alpha value is -3.14. The smallest absolute Gasteiger partial charge is 0.153 e. The average molecular weight is 521 g/mol. The number of hydrogen-bond donors (Lipinski definition) is 1. The standard InChI is InChI=1S/C28H36N6O2S/c1-7-23-27(30-8-2)33(9-3)26-21(25-31-13-14-34(23)25)16-19(18-32-26)12-15-36-20-10-11-24(37-35-6)22(17-20)28(4,5)29/h8,10-11,13-14,16-18H,7,9,12,15,29H2,1-6H3/b30-8-. The highest BCUT2D eigenvalue weighted by Crippen LogP contribution is 2.38. The van der Waals surface area contributed by atoms with Gasteiger partial charge in [-0.25, -0.2) is 15.0 Å². The molecule has 0 unspecified atom stereocenters. The zero-order chi connectivity index (χ0) is 26.6. The van der Waals surface area contributed by atoms with Crippen LogP contribution in [0.2, 0.25) is 0 Å². The molecule has 0 fully saturated rings. The monoisotopic (exact) mass is 520 g/mol. The third-order valence-electron chi connectivity index (χ3n) is 6.25. The Morgan fingerprint density at radius 3 is 2.68 bits per heavy atom. The van der Waals surface area contributed by atoms with Gasteiger partial charge in [0.1, 0.15) is 17.4 Å². The SMILES string of the molecule is C/C=N\C1=C(CC)n2ccnc2-c2cc(CCOc3ccc(SOC)c(C(C)(C)N)c3)cnc2N1CC. The minimum atomic E-state index is -0.514. The number of pyridine rings is 1. The average Bonchev–Trinajstić information content (AvgIpc) is 3.32. The van der Waals surface area contributed by atoms with Crippen molar-refractivity contribution in [1.29, 1.82) is 0 Å². The maximum atomic E-state index is 6.40. The molecule has 4 rings (SSSR count). The van der Waals surface area contributed by atoms with E-state index in [-0.39, 0.29) is 0 Å². The molecule has 0 atom stereocenters. The van der Waals surface area contributed by atoms with Crippen molar-refractivity contribution >= 4 is 29.8 Å². The number of aliphatic imine (C=N–C) groups is 1. The van der Waals surface area contributed by atoms with E-state index in [1.165, 1.54) is 12.0 Å². The minimum Gasteiger partial charge on any atom is -0.493 e.